The number of imide groups is 1. The molecule has 0 bridgehead atoms. The van der Waals surface area contributed by atoms with Crippen molar-refractivity contribution < 1.29 is 28.3 Å². The van der Waals surface area contributed by atoms with E-state index in [0.29, 0.717) is 34.7 Å². The number of ether oxygens (including phenoxy) is 1. The van der Waals surface area contributed by atoms with Crippen LogP contribution in [0.25, 0.3) is 0 Å². The molecule has 1 aromatic rings. The lowest BCUT2D eigenvalue weighted by Crippen LogP contribution is -2.60. The number of amides is 4. The molecule has 12 heteroatoms. The molecule has 4 heterocycles. The van der Waals surface area contributed by atoms with Gasteiger partial charge in [0.05, 0.1) is 5.56 Å². The molecule has 4 N–H and O–H groups in total. The summed E-state index contributed by atoms with van der Waals surface area (Å²) < 4.78 is 20.9. The highest BCUT2D eigenvalue weighted by molar-refractivity contribution is 8.00. The van der Waals surface area contributed by atoms with Gasteiger partial charge >= 0.3 is 6.09 Å². The number of benzene rings is 1. The van der Waals surface area contributed by atoms with E-state index in [1.165, 1.54) is 11.0 Å². The molecule has 1 aliphatic carbocycles. The molecule has 10 nitrogen and oxygen atoms in total. The molecule has 6 rings (SSSR count). The Labute approximate surface area is 224 Å². The third-order valence-electron chi connectivity index (χ3n) is 8.73. The zero-order valence-corrected chi connectivity index (χ0v) is 21.9. The Balaban J connectivity index is 1.02. The molecule has 38 heavy (non-hydrogen) atoms. The fourth-order valence-electron chi connectivity index (χ4n) is 6.67. The smallest absolute Gasteiger partial charge is 0.407 e. The molecule has 5 aliphatic rings. The molecule has 4 fully saturated rings. The van der Waals surface area contributed by atoms with Gasteiger partial charge in [0.1, 0.15) is 18.0 Å². The Hall–Kier alpha value is -2.70. The van der Waals surface area contributed by atoms with Gasteiger partial charge in [-0.3, -0.25) is 19.7 Å². The van der Waals surface area contributed by atoms with E-state index in [1.54, 1.807) is 6.07 Å². The van der Waals surface area contributed by atoms with Crippen molar-refractivity contribution in [2.45, 2.75) is 75.2 Å². The van der Waals surface area contributed by atoms with E-state index in [4.69, 9.17) is 4.74 Å². The Bertz CT molecular complexity index is 1180. The minimum absolute atomic E-state index is 0.0867. The summed E-state index contributed by atoms with van der Waals surface area (Å²) in [6.07, 6.45) is 1.21. The number of fused-ring (bicyclic) bond motifs is 2. The lowest BCUT2D eigenvalue weighted by atomic mass is 9.66. The predicted molar refractivity (Wildman–Crippen MR) is 136 cm³/mol. The van der Waals surface area contributed by atoms with Crippen LogP contribution in [0.4, 0.5) is 9.18 Å². The van der Waals surface area contributed by atoms with Crippen LogP contribution < -0.4 is 21.3 Å². The maximum atomic E-state index is 15.3. The first-order valence-electron chi connectivity index (χ1n) is 13.3. The second kappa shape index (κ2) is 10.1. The number of carbonyl (C=O) groups excluding carboxylic acids is 4. The normalized spacial score (nSPS) is 34.3. The maximum absolute atomic E-state index is 15.3. The summed E-state index contributed by atoms with van der Waals surface area (Å²) in [4.78, 5) is 50.4. The summed E-state index contributed by atoms with van der Waals surface area (Å²) in [5, 5.41) is 12.7. The standard InChI is InChI=1S/C26H32FN5O5S/c1-12-20(23-18(9-28-12)38-11-30-23)15-6-16(7-15)37-26(36)29-8-13-2-3-14-10-32(25(35)21(14)22(13)27)17-4-5-19(33)31-24(17)34/h2-3,12,15-18,20,23,28,30H,4-11H2,1H3,(H,29,36)(H,31,33,34). The minimum atomic E-state index is -0.809. The molecule has 4 amide bonds. The highest BCUT2D eigenvalue weighted by Crippen LogP contribution is 2.44. The number of hydrogen-bond donors (Lipinski definition) is 4. The maximum Gasteiger partial charge on any atom is 0.407 e. The molecular weight excluding hydrogens is 513 g/mol. The van der Waals surface area contributed by atoms with Gasteiger partial charge in [-0.1, -0.05) is 12.1 Å². The van der Waals surface area contributed by atoms with E-state index in [0.717, 1.165) is 25.3 Å². The van der Waals surface area contributed by atoms with Crippen molar-refractivity contribution in [3.05, 3.63) is 34.6 Å². The average molecular weight is 546 g/mol. The quantitative estimate of drug-likeness (QED) is 0.407. The van der Waals surface area contributed by atoms with Crippen LogP contribution in [0.3, 0.4) is 0 Å². The number of nitrogens with one attached hydrogen (secondary N) is 4. The second-order valence-electron chi connectivity index (χ2n) is 10.9. The van der Waals surface area contributed by atoms with Crippen LogP contribution in [0.15, 0.2) is 12.1 Å². The van der Waals surface area contributed by atoms with Crippen LogP contribution >= 0.6 is 11.8 Å². The summed E-state index contributed by atoms with van der Waals surface area (Å²) in [6, 6.07) is 3.28. The zero-order valence-electron chi connectivity index (χ0n) is 21.1. The van der Waals surface area contributed by atoms with Gasteiger partial charge in [-0.25, -0.2) is 9.18 Å². The second-order valence-corrected chi connectivity index (χ2v) is 12.2. The van der Waals surface area contributed by atoms with E-state index in [9.17, 15) is 19.2 Å². The number of nitrogens with zero attached hydrogens (tertiary/aromatic N) is 1. The molecular formula is C26H32FN5O5S. The molecule has 4 aliphatic heterocycles. The van der Waals surface area contributed by atoms with Gasteiger partial charge in [0, 0.05) is 54.8 Å². The van der Waals surface area contributed by atoms with Crippen LogP contribution in [-0.4, -0.2) is 70.6 Å². The monoisotopic (exact) mass is 545 g/mol. The Kier molecular flexibility index (Phi) is 6.81. The third kappa shape index (κ3) is 4.56. The first kappa shape index (κ1) is 25.6. The number of rotatable bonds is 5. The fourth-order valence-corrected chi connectivity index (χ4v) is 7.87. The highest BCUT2D eigenvalue weighted by Gasteiger charge is 2.48. The molecule has 204 valence electrons. The van der Waals surface area contributed by atoms with Crippen LogP contribution in [-0.2, 0) is 27.4 Å². The Morgan fingerprint density at radius 1 is 1.24 bits per heavy atom. The van der Waals surface area contributed by atoms with E-state index >= 15 is 4.39 Å². The van der Waals surface area contributed by atoms with Crippen molar-refractivity contribution in [2.24, 2.45) is 11.8 Å². The topological polar surface area (TPSA) is 129 Å². The lowest BCUT2D eigenvalue weighted by Gasteiger charge is -2.48. The first-order chi connectivity index (χ1) is 18.3. The molecule has 0 spiro atoms. The molecule has 1 aromatic carbocycles. The molecule has 5 atom stereocenters. The van der Waals surface area contributed by atoms with E-state index < -0.39 is 29.8 Å². The van der Waals surface area contributed by atoms with Crippen molar-refractivity contribution in [2.75, 3.05) is 12.4 Å². The fraction of sp³-hybridized carbons (Fsp3) is 0.615. The SMILES string of the molecule is CC1NCC2SCNC2C1C1CC(OC(=O)NCc2ccc3c(c2F)C(=O)N(C2CCC(=O)NC2=O)C3)C1. The molecule has 5 unspecified atom stereocenters. The van der Waals surface area contributed by atoms with Crippen LogP contribution in [0, 0.1) is 17.7 Å². The van der Waals surface area contributed by atoms with Gasteiger partial charge in [-0.15, -0.1) is 11.8 Å². The van der Waals surface area contributed by atoms with Crippen molar-refractivity contribution in [1.82, 2.24) is 26.2 Å². The van der Waals surface area contributed by atoms with Crippen molar-refractivity contribution in [1.29, 1.82) is 0 Å². The summed E-state index contributed by atoms with van der Waals surface area (Å²) in [7, 11) is 0. The highest BCUT2D eigenvalue weighted by atomic mass is 32.2. The Morgan fingerprint density at radius 3 is 2.84 bits per heavy atom. The summed E-state index contributed by atoms with van der Waals surface area (Å²) in [5.41, 5.74) is 0.563. The van der Waals surface area contributed by atoms with Crippen LogP contribution in [0.2, 0.25) is 0 Å². The number of halogens is 1. The van der Waals surface area contributed by atoms with Crippen molar-refractivity contribution >= 4 is 35.6 Å². The number of carbonyl (C=O) groups is 4. The molecule has 0 aromatic heterocycles. The van der Waals surface area contributed by atoms with Gasteiger partial charge in [0.25, 0.3) is 5.91 Å². The average Bonchev–Trinajstić information content (AvgIpc) is 3.46. The number of thioether (sulfide) groups is 1. The van der Waals surface area contributed by atoms with Gasteiger partial charge in [0.2, 0.25) is 11.8 Å². The largest absolute Gasteiger partial charge is 0.446 e. The zero-order chi connectivity index (χ0) is 26.6. The first-order valence-corrected chi connectivity index (χ1v) is 14.3. The van der Waals surface area contributed by atoms with Gasteiger partial charge in [-0.05, 0) is 43.6 Å². The van der Waals surface area contributed by atoms with Gasteiger partial charge in [0.15, 0.2) is 0 Å². The summed E-state index contributed by atoms with van der Waals surface area (Å²) in [5.74, 6) is -0.236. The summed E-state index contributed by atoms with van der Waals surface area (Å²) in [6.45, 7) is 3.23. The van der Waals surface area contributed by atoms with Gasteiger partial charge < -0.3 is 25.6 Å². The lowest BCUT2D eigenvalue weighted by molar-refractivity contribution is -0.136. The van der Waals surface area contributed by atoms with E-state index in [1.807, 2.05) is 11.8 Å². The molecule has 1 saturated carbocycles. The van der Waals surface area contributed by atoms with Crippen LogP contribution in [0.1, 0.15) is 54.1 Å². The number of hydrogen-bond acceptors (Lipinski definition) is 8. The van der Waals surface area contributed by atoms with E-state index in [2.05, 4.69) is 28.2 Å². The number of alkyl carbamates (subject to hydrolysis) is 1. The van der Waals surface area contributed by atoms with Crippen molar-refractivity contribution in [3.63, 3.8) is 0 Å². The van der Waals surface area contributed by atoms with Crippen LogP contribution in [0.5, 0.6) is 0 Å². The third-order valence-corrected chi connectivity index (χ3v) is 9.95. The van der Waals surface area contributed by atoms with Gasteiger partial charge in [-0.2, -0.15) is 0 Å². The Morgan fingerprint density at radius 2 is 2.05 bits per heavy atom. The predicted octanol–water partition coefficient (Wildman–Crippen LogP) is 1.23. The van der Waals surface area contributed by atoms with Crippen molar-refractivity contribution in [3.8, 4) is 0 Å². The van der Waals surface area contributed by atoms with E-state index in [-0.39, 0.29) is 49.1 Å². The molecule has 3 saturated heterocycles. The minimum Gasteiger partial charge on any atom is -0.446 e. The number of piperidine rings is 2. The molecule has 0 radical (unpaired) electrons. The summed E-state index contributed by atoms with van der Waals surface area (Å²) >= 11 is 1.96.